The van der Waals surface area contributed by atoms with Crippen LogP contribution in [-0.2, 0) is 9.47 Å². The molecule has 5 rings (SSSR count). The van der Waals surface area contributed by atoms with Gasteiger partial charge >= 0.3 is 12.2 Å². The Kier molecular flexibility index (Phi) is 6.65. The van der Waals surface area contributed by atoms with Crippen molar-refractivity contribution in [1.29, 1.82) is 0 Å². The fourth-order valence-electron chi connectivity index (χ4n) is 4.72. The van der Waals surface area contributed by atoms with Gasteiger partial charge < -0.3 is 9.47 Å². The molecule has 1 aromatic carbocycles. The van der Waals surface area contributed by atoms with Crippen molar-refractivity contribution in [3.05, 3.63) is 42.4 Å². The molecule has 0 spiro atoms. The minimum absolute atomic E-state index is 0.137. The van der Waals surface area contributed by atoms with Gasteiger partial charge in [-0.1, -0.05) is 12.1 Å². The number of para-hydroxylation sites is 2. The second-order valence-electron chi connectivity index (χ2n) is 12.5. The summed E-state index contributed by atoms with van der Waals surface area (Å²) in [4.78, 5) is 36.3. The maximum absolute atomic E-state index is 12.9. The van der Waals surface area contributed by atoms with Crippen LogP contribution in [0.4, 0.5) is 9.59 Å². The van der Waals surface area contributed by atoms with Gasteiger partial charge in [-0.15, -0.1) is 0 Å². The third-order valence-electron chi connectivity index (χ3n) is 6.70. The number of carbonyl (C=O) groups excluding carboxylic acids is 2. The van der Waals surface area contributed by atoms with E-state index in [1.165, 1.54) is 0 Å². The molecule has 2 aromatic heterocycles. The fourth-order valence-corrected chi connectivity index (χ4v) is 4.72. The number of nitrogens with zero attached hydrogens (tertiary/aromatic N) is 5. The standard InChI is InChI=1S/C29H37N5O4/c1-28(2,3)37-26(35)33(27(36)38-29(4,5)6)16-18-13-20(14-18)34-17-21(25(32-34)19-11-12-19)24-15-30-22-9-7-8-10-23(22)31-24/h7-10,15,17-20H,11-14,16H2,1-6H3. The van der Waals surface area contributed by atoms with E-state index in [9.17, 15) is 9.59 Å². The highest BCUT2D eigenvalue weighted by Gasteiger charge is 2.39. The number of rotatable bonds is 5. The number of fused-ring (bicyclic) bond motifs is 1. The van der Waals surface area contributed by atoms with Gasteiger partial charge in [0.05, 0.1) is 34.7 Å². The average molecular weight is 520 g/mol. The third kappa shape index (κ3) is 5.97. The minimum atomic E-state index is -0.712. The van der Waals surface area contributed by atoms with Crippen LogP contribution in [0, 0.1) is 5.92 Å². The zero-order chi connectivity index (χ0) is 27.2. The largest absolute Gasteiger partial charge is 0.443 e. The second-order valence-corrected chi connectivity index (χ2v) is 12.5. The number of benzene rings is 1. The Bertz CT molecular complexity index is 1310. The summed E-state index contributed by atoms with van der Waals surface area (Å²) in [5.41, 5.74) is 3.28. The number of aromatic nitrogens is 4. The molecule has 3 aromatic rings. The van der Waals surface area contributed by atoms with Crippen LogP contribution < -0.4 is 0 Å². The molecule has 2 aliphatic rings. The molecule has 2 aliphatic carbocycles. The molecule has 2 saturated carbocycles. The first kappa shape index (κ1) is 26.1. The van der Waals surface area contributed by atoms with E-state index in [0.717, 1.165) is 58.6 Å². The predicted octanol–water partition coefficient (Wildman–Crippen LogP) is 6.49. The zero-order valence-corrected chi connectivity index (χ0v) is 23.1. The quantitative estimate of drug-likeness (QED) is 0.380. The number of ether oxygens (including phenoxy) is 2. The molecule has 2 fully saturated rings. The van der Waals surface area contributed by atoms with Gasteiger partial charge in [-0.3, -0.25) is 9.67 Å². The lowest BCUT2D eigenvalue weighted by Crippen LogP contribution is -2.47. The van der Waals surface area contributed by atoms with Crippen LogP contribution in [0.25, 0.3) is 22.3 Å². The van der Waals surface area contributed by atoms with Gasteiger partial charge in [0.2, 0.25) is 0 Å². The average Bonchev–Trinajstić information content (AvgIpc) is 3.54. The van der Waals surface area contributed by atoms with E-state index in [2.05, 4.69) is 11.2 Å². The lowest BCUT2D eigenvalue weighted by molar-refractivity contribution is -0.00641. The SMILES string of the molecule is CC(C)(C)OC(=O)N(CC1CC(n2cc(-c3cnc4ccccc4n3)c(C3CC3)n2)C1)C(=O)OC(C)(C)C. The Labute approximate surface area is 223 Å². The Morgan fingerprint density at radius 2 is 1.58 bits per heavy atom. The van der Waals surface area contributed by atoms with Crippen LogP contribution in [0.5, 0.6) is 0 Å². The molecule has 0 unspecified atom stereocenters. The van der Waals surface area contributed by atoms with Gasteiger partial charge in [-0.25, -0.2) is 19.5 Å². The van der Waals surface area contributed by atoms with Crippen molar-refractivity contribution in [3.63, 3.8) is 0 Å². The molecule has 202 valence electrons. The Hall–Kier alpha value is -3.49. The Morgan fingerprint density at radius 3 is 2.16 bits per heavy atom. The monoisotopic (exact) mass is 519 g/mol. The smallest absolute Gasteiger partial charge is 0.419 e. The molecule has 0 radical (unpaired) electrons. The normalized spacial score (nSPS) is 19.6. The highest BCUT2D eigenvalue weighted by molar-refractivity contribution is 5.88. The first-order chi connectivity index (χ1) is 17.9. The lowest BCUT2D eigenvalue weighted by atomic mass is 9.80. The van der Waals surface area contributed by atoms with E-state index in [1.54, 1.807) is 41.5 Å². The number of amides is 2. The summed E-state index contributed by atoms with van der Waals surface area (Å²) in [6.07, 6.45) is 6.45. The zero-order valence-electron chi connectivity index (χ0n) is 23.1. The molecule has 9 nitrogen and oxygen atoms in total. The minimum Gasteiger partial charge on any atom is -0.443 e. The molecule has 2 heterocycles. The van der Waals surface area contributed by atoms with E-state index in [4.69, 9.17) is 19.6 Å². The van der Waals surface area contributed by atoms with Crippen LogP contribution in [0.2, 0.25) is 0 Å². The van der Waals surface area contributed by atoms with Gasteiger partial charge in [0, 0.05) is 24.2 Å². The van der Waals surface area contributed by atoms with Crippen LogP contribution in [0.3, 0.4) is 0 Å². The second kappa shape index (κ2) is 9.67. The van der Waals surface area contributed by atoms with E-state index in [1.807, 2.05) is 35.1 Å². The highest BCUT2D eigenvalue weighted by Crippen LogP contribution is 2.45. The van der Waals surface area contributed by atoms with Crippen molar-refractivity contribution in [2.24, 2.45) is 5.92 Å². The molecule has 2 amide bonds. The number of carbonyl (C=O) groups is 2. The van der Waals surface area contributed by atoms with Crippen molar-refractivity contribution >= 4 is 23.2 Å². The summed E-state index contributed by atoms with van der Waals surface area (Å²) >= 11 is 0. The van der Waals surface area contributed by atoms with Crippen LogP contribution >= 0.6 is 0 Å². The van der Waals surface area contributed by atoms with Crippen molar-refractivity contribution in [2.45, 2.75) is 90.4 Å². The molecule has 38 heavy (non-hydrogen) atoms. The summed E-state index contributed by atoms with van der Waals surface area (Å²) in [7, 11) is 0. The maximum atomic E-state index is 12.9. The van der Waals surface area contributed by atoms with E-state index in [0.29, 0.717) is 5.92 Å². The fraction of sp³-hybridized carbons (Fsp3) is 0.552. The Morgan fingerprint density at radius 1 is 0.974 bits per heavy atom. The first-order valence-electron chi connectivity index (χ1n) is 13.4. The van der Waals surface area contributed by atoms with Crippen molar-refractivity contribution < 1.29 is 19.1 Å². The van der Waals surface area contributed by atoms with Crippen molar-refractivity contribution in [1.82, 2.24) is 24.6 Å². The third-order valence-corrected chi connectivity index (χ3v) is 6.70. The molecule has 0 atom stereocenters. The summed E-state index contributed by atoms with van der Waals surface area (Å²) in [6.45, 7) is 10.9. The Balaban J connectivity index is 1.30. The first-order valence-corrected chi connectivity index (χ1v) is 13.4. The van der Waals surface area contributed by atoms with E-state index < -0.39 is 23.4 Å². The molecular formula is C29H37N5O4. The van der Waals surface area contributed by atoms with Gasteiger partial charge in [0.25, 0.3) is 0 Å². The summed E-state index contributed by atoms with van der Waals surface area (Å²) < 4.78 is 13.1. The van der Waals surface area contributed by atoms with Gasteiger partial charge in [-0.2, -0.15) is 5.10 Å². The summed E-state index contributed by atoms with van der Waals surface area (Å²) in [5.74, 6) is 0.600. The van der Waals surface area contributed by atoms with Gasteiger partial charge in [-0.05, 0) is 85.3 Å². The topological polar surface area (TPSA) is 99.4 Å². The van der Waals surface area contributed by atoms with E-state index in [-0.39, 0.29) is 18.5 Å². The molecule has 0 N–H and O–H groups in total. The lowest BCUT2D eigenvalue weighted by Gasteiger charge is -2.38. The number of hydrogen-bond acceptors (Lipinski definition) is 7. The number of hydrogen-bond donors (Lipinski definition) is 0. The van der Waals surface area contributed by atoms with Gasteiger partial charge in [0.1, 0.15) is 11.2 Å². The summed E-state index contributed by atoms with van der Waals surface area (Å²) in [6, 6.07) is 8.07. The van der Waals surface area contributed by atoms with Crippen LogP contribution in [0.15, 0.2) is 36.7 Å². The molecular weight excluding hydrogens is 482 g/mol. The van der Waals surface area contributed by atoms with Crippen LogP contribution in [-0.4, -0.2) is 54.6 Å². The van der Waals surface area contributed by atoms with Crippen LogP contribution in [0.1, 0.15) is 84.9 Å². The molecule has 0 bridgehead atoms. The molecule has 0 saturated heterocycles. The van der Waals surface area contributed by atoms with E-state index >= 15 is 0 Å². The summed E-state index contributed by atoms with van der Waals surface area (Å²) in [5, 5.41) is 4.98. The van der Waals surface area contributed by atoms with Gasteiger partial charge in [0.15, 0.2) is 0 Å². The van der Waals surface area contributed by atoms with Crippen molar-refractivity contribution in [3.8, 4) is 11.3 Å². The van der Waals surface area contributed by atoms with Crippen molar-refractivity contribution in [2.75, 3.05) is 6.54 Å². The predicted molar refractivity (Wildman–Crippen MR) is 144 cm³/mol. The highest BCUT2D eigenvalue weighted by atomic mass is 16.6. The maximum Gasteiger partial charge on any atom is 0.419 e. The molecule has 9 heteroatoms. The number of imide groups is 1. The molecule has 0 aliphatic heterocycles.